The van der Waals surface area contributed by atoms with Crippen LogP contribution >= 0.6 is 0 Å². The van der Waals surface area contributed by atoms with Crippen LogP contribution in [-0.4, -0.2) is 6.61 Å². The van der Waals surface area contributed by atoms with Crippen molar-refractivity contribution >= 4 is 5.69 Å². The maximum Gasteiger partial charge on any atom is 0.119 e. The van der Waals surface area contributed by atoms with Crippen molar-refractivity contribution in [2.45, 2.75) is 39.7 Å². The quantitative estimate of drug-likeness (QED) is 0.753. The van der Waals surface area contributed by atoms with Crippen LogP contribution in [-0.2, 0) is 6.54 Å². The molecule has 0 aromatic heterocycles. The van der Waals surface area contributed by atoms with E-state index in [1.165, 1.54) is 11.1 Å². The molecular weight excluding hydrogens is 258 g/mol. The Bertz CT molecular complexity index is 546. The molecule has 0 aliphatic heterocycles. The number of rotatable bonds is 7. The van der Waals surface area contributed by atoms with E-state index in [1.54, 1.807) is 0 Å². The molecule has 2 rings (SSSR count). The van der Waals surface area contributed by atoms with Crippen LogP contribution in [0.3, 0.4) is 0 Å². The zero-order valence-electron chi connectivity index (χ0n) is 13.2. The fourth-order valence-corrected chi connectivity index (χ4v) is 2.16. The Hall–Kier alpha value is -1.96. The van der Waals surface area contributed by atoms with E-state index in [9.17, 15) is 0 Å². The first kappa shape index (κ1) is 15.4. The van der Waals surface area contributed by atoms with Crippen molar-refractivity contribution in [2.75, 3.05) is 11.9 Å². The SMILES string of the molecule is CCCOc1cccc(CNc2ccc(C(C)C)cc2)c1. The van der Waals surface area contributed by atoms with Crippen molar-refractivity contribution in [1.82, 2.24) is 0 Å². The Balaban J connectivity index is 1.93. The molecule has 0 radical (unpaired) electrons. The predicted octanol–water partition coefficient (Wildman–Crippen LogP) is 5.21. The molecule has 0 aliphatic rings. The number of hydrogen-bond acceptors (Lipinski definition) is 2. The number of nitrogens with one attached hydrogen (secondary N) is 1. The third-order valence-electron chi connectivity index (χ3n) is 3.45. The lowest BCUT2D eigenvalue weighted by molar-refractivity contribution is 0.317. The van der Waals surface area contributed by atoms with Crippen LogP contribution in [0.5, 0.6) is 5.75 Å². The molecule has 1 N–H and O–H groups in total. The molecule has 0 saturated carbocycles. The van der Waals surface area contributed by atoms with E-state index in [2.05, 4.69) is 62.5 Å². The first-order chi connectivity index (χ1) is 10.2. The van der Waals surface area contributed by atoms with Gasteiger partial charge in [-0.15, -0.1) is 0 Å². The van der Waals surface area contributed by atoms with Gasteiger partial charge in [0.25, 0.3) is 0 Å². The Kier molecular flexibility index (Phi) is 5.68. The molecule has 21 heavy (non-hydrogen) atoms. The summed E-state index contributed by atoms with van der Waals surface area (Å²) in [4.78, 5) is 0. The van der Waals surface area contributed by atoms with Crippen molar-refractivity contribution in [3.63, 3.8) is 0 Å². The molecule has 0 unspecified atom stereocenters. The lowest BCUT2D eigenvalue weighted by Crippen LogP contribution is -2.01. The summed E-state index contributed by atoms with van der Waals surface area (Å²) in [6.07, 6.45) is 1.03. The molecule has 112 valence electrons. The zero-order valence-corrected chi connectivity index (χ0v) is 13.2. The fourth-order valence-electron chi connectivity index (χ4n) is 2.16. The van der Waals surface area contributed by atoms with Crippen LogP contribution in [0, 0.1) is 0 Å². The van der Waals surface area contributed by atoms with Gasteiger partial charge in [0.2, 0.25) is 0 Å². The zero-order chi connectivity index (χ0) is 15.1. The maximum absolute atomic E-state index is 5.66. The third-order valence-corrected chi connectivity index (χ3v) is 3.45. The molecule has 0 saturated heterocycles. The molecule has 0 fully saturated rings. The highest BCUT2D eigenvalue weighted by Crippen LogP contribution is 2.19. The highest BCUT2D eigenvalue weighted by atomic mass is 16.5. The number of ether oxygens (including phenoxy) is 1. The second-order valence-corrected chi connectivity index (χ2v) is 5.63. The summed E-state index contributed by atoms with van der Waals surface area (Å²) in [7, 11) is 0. The third kappa shape index (κ3) is 4.82. The molecule has 0 atom stereocenters. The largest absolute Gasteiger partial charge is 0.494 e. The topological polar surface area (TPSA) is 21.3 Å². The molecular formula is C19H25NO. The van der Waals surface area contributed by atoms with Crippen molar-refractivity contribution in [3.8, 4) is 5.75 Å². The molecule has 0 amide bonds. The lowest BCUT2D eigenvalue weighted by atomic mass is 10.0. The summed E-state index contributed by atoms with van der Waals surface area (Å²) >= 11 is 0. The van der Waals surface area contributed by atoms with Gasteiger partial charge in [-0.2, -0.15) is 0 Å². The number of benzene rings is 2. The maximum atomic E-state index is 5.66. The van der Waals surface area contributed by atoms with Gasteiger partial charge in [-0.25, -0.2) is 0 Å². The van der Waals surface area contributed by atoms with Gasteiger partial charge in [0.15, 0.2) is 0 Å². The highest BCUT2D eigenvalue weighted by Gasteiger charge is 2.00. The number of hydrogen-bond donors (Lipinski definition) is 1. The summed E-state index contributed by atoms with van der Waals surface area (Å²) in [5, 5.41) is 3.45. The molecule has 2 aromatic rings. The van der Waals surface area contributed by atoms with Gasteiger partial charge >= 0.3 is 0 Å². The van der Waals surface area contributed by atoms with Gasteiger partial charge in [-0.3, -0.25) is 0 Å². The lowest BCUT2D eigenvalue weighted by Gasteiger charge is -2.10. The molecule has 2 nitrogen and oxygen atoms in total. The smallest absolute Gasteiger partial charge is 0.119 e. The Morgan fingerprint density at radius 1 is 1.05 bits per heavy atom. The first-order valence-corrected chi connectivity index (χ1v) is 7.74. The predicted molar refractivity (Wildman–Crippen MR) is 90.1 cm³/mol. The highest BCUT2D eigenvalue weighted by molar-refractivity contribution is 5.46. The van der Waals surface area contributed by atoms with Crippen LogP contribution in [0.15, 0.2) is 48.5 Å². The van der Waals surface area contributed by atoms with Gasteiger partial charge < -0.3 is 10.1 Å². The minimum atomic E-state index is 0.575. The van der Waals surface area contributed by atoms with Gasteiger partial charge in [0.05, 0.1) is 6.61 Å². The van der Waals surface area contributed by atoms with E-state index in [4.69, 9.17) is 4.74 Å². The normalized spacial score (nSPS) is 10.7. The van der Waals surface area contributed by atoms with Crippen molar-refractivity contribution in [1.29, 1.82) is 0 Å². The van der Waals surface area contributed by atoms with Crippen LogP contribution in [0.4, 0.5) is 5.69 Å². The molecule has 2 aromatic carbocycles. The van der Waals surface area contributed by atoms with E-state index >= 15 is 0 Å². The Morgan fingerprint density at radius 3 is 2.48 bits per heavy atom. The molecule has 0 aliphatic carbocycles. The van der Waals surface area contributed by atoms with E-state index < -0.39 is 0 Å². The number of anilines is 1. The van der Waals surface area contributed by atoms with Crippen molar-refractivity contribution < 1.29 is 4.74 Å². The van der Waals surface area contributed by atoms with Crippen LogP contribution < -0.4 is 10.1 Å². The molecule has 2 heteroatoms. The van der Waals surface area contributed by atoms with Gasteiger partial charge in [0.1, 0.15) is 5.75 Å². The van der Waals surface area contributed by atoms with Gasteiger partial charge in [-0.05, 0) is 47.7 Å². The van der Waals surface area contributed by atoms with E-state index in [1.807, 2.05) is 12.1 Å². The summed E-state index contributed by atoms with van der Waals surface area (Å²) < 4.78 is 5.66. The molecule has 0 heterocycles. The fraction of sp³-hybridized carbons (Fsp3) is 0.368. The summed E-state index contributed by atoms with van der Waals surface area (Å²) in [6, 6.07) is 16.9. The molecule has 0 bridgehead atoms. The van der Waals surface area contributed by atoms with Crippen LogP contribution in [0.25, 0.3) is 0 Å². The Morgan fingerprint density at radius 2 is 1.81 bits per heavy atom. The van der Waals surface area contributed by atoms with Crippen molar-refractivity contribution in [2.24, 2.45) is 0 Å². The van der Waals surface area contributed by atoms with E-state index in [0.29, 0.717) is 5.92 Å². The standard InChI is InChI=1S/C19H25NO/c1-4-12-21-19-7-5-6-16(13-19)14-20-18-10-8-17(9-11-18)15(2)3/h5-11,13,15,20H,4,12,14H2,1-3H3. The summed E-state index contributed by atoms with van der Waals surface area (Å²) in [5.41, 5.74) is 3.76. The Labute approximate surface area is 128 Å². The monoisotopic (exact) mass is 283 g/mol. The van der Waals surface area contributed by atoms with Crippen LogP contribution in [0.2, 0.25) is 0 Å². The van der Waals surface area contributed by atoms with Crippen LogP contribution in [0.1, 0.15) is 44.2 Å². The van der Waals surface area contributed by atoms with Crippen molar-refractivity contribution in [3.05, 3.63) is 59.7 Å². The second kappa shape index (κ2) is 7.72. The summed E-state index contributed by atoms with van der Waals surface area (Å²) in [6.45, 7) is 8.12. The molecule has 0 spiro atoms. The average Bonchev–Trinajstić information content (AvgIpc) is 2.52. The van der Waals surface area contributed by atoms with Gasteiger partial charge in [0, 0.05) is 12.2 Å². The van der Waals surface area contributed by atoms with E-state index in [0.717, 1.165) is 31.0 Å². The second-order valence-electron chi connectivity index (χ2n) is 5.63. The average molecular weight is 283 g/mol. The minimum Gasteiger partial charge on any atom is -0.494 e. The minimum absolute atomic E-state index is 0.575. The van der Waals surface area contributed by atoms with Gasteiger partial charge in [-0.1, -0.05) is 45.0 Å². The summed E-state index contributed by atoms with van der Waals surface area (Å²) in [5.74, 6) is 1.53. The van der Waals surface area contributed by atoms with E-state index in [-0.39, 0.29) is 0 Å². The first-order valence-electron chi connectivity index (χ1n) is 7.74.